The molecule has 0 bridgehead atoms. The third-order valence-electron chi connectivity index (χ3n) is 12.2. The quantitative estimate of drug-likeness (QED) is 0.0915. The molecule has 5 aromatic heterocycles. The third-order valence-corrected chi connectivity index (χ3v) is 13.1. The molecule has 402 valence electrons. The minimum atomic E-state index is -0.562. The van der Waals surface area contributed by atoms with E-state index in [0.717, 1.165) is 97.1 Å². The molecule has 0 saturated carbocycles. The number of nitrogens with one attached hydrogen (secondary N) is 6. The van der Waals surface area contributed by atoms with Crippen molar-refractivity contribution in [3.63, 3.8) is 0 Å². The third kappa shape index (κ3) is 16.8. The van der Waals surface area contributed by atoms with Crippen LogP contribution >= 0.6 is 31.9 Å². The van der Waals surface area contributed by atoms with E-state index in [1.54, 1.807) is 42.7 Å². The summed E-state index contributed by atoms with van der Waals surface area (Å²) >= 11 is 6.75. The van der Waals surface area contributed by atoms with E-state index in [0.29, 0.717) is 18.9 Å². The number of aromatic nitrogens is 4. The van der Waals surface area contributed by atoms with E-state index in [4.69, 9.17) is 4.42 Å². The molecule has 18 heteroatoms. The molecule has 0 spiro atoms. The summed E-state index contributed by atoms with van der Waals surface area (Å²) in [6, 6.07) is 17.9. The number of nitrogens with zero attached hydrogens (tertiary/aromatic N) is 7. The number of para-hydroxylation sites is 1. The van der Waals surface area contributed by atoms with Gasteiger partial charge in [0.25, 0.3) is 0 Å². The van der Waals surface area contributed by atoms with Gasteiger partial charge in [-0.05, 0) is 136 Å². The molecule has 16 nitrogen and oxygen atoms in total. The Morgan fingerprint density at radius 3 is 1.96 bits per heavy atom. The van der Waals surface area contributed by atoms with E-state index < -0.39 is 5.54 Å². The number of fused-ring (bicyclic) bond motifs is 5. The first-order chi connectivity index (χ1) is 34.1. The number of hydrogen-bond donors (Lipinski definition) is 6. The lowest BCUT2D eigenvalue weighted by molar-refractivity contribution is -0.125. The first-order valence-electron chi connectivity index (χ1n) is 23.8. The Labute approximate surface area is 461 Å². The smallest absolute Gasteiger partial charge is 0.246 e. The number of anilines is 4. The minimum Gasteiger partial charge on any atom is -0.459 e. The predicted octanol–water partition coefficient (Wildman–Crippen LogP) is 11.8. The lowest BCUT2D eigenvalue weighted by Crippen LogP contribution is -2.47. The number of amides is 2. The number of rotatable bonds is 4. The second-order valence-corrected chi connectivity index (χ2v) is 22.3. The molecule has 6 aromatic rings. The number of likely N-dealkylation sites (N-methyl/N-ethyl adjacent to an activating group) is 1. The number of carbonyl (C=O) groups is 2. The first kappa shape index (κ1) is 61.2. The molecule has 75 heavy (non-hydrogen) atoms. The number of hydrogen-bond acceptors (Lipinski definition) is 14. The number of aryl methyl sites for hydroxylation is 1. The zero-order valence-corrected chi connectivity index (χ0v) is 45.8. The van der Waals surface area contributed by atoms with E-state index in [-0.39, 0.29) is 50.7 Å². The lowest BCUT2D eigenvalue weighted by Gasteiger charge is -2.23. The molecule has 0 atom stereocenters. The van der Waals surface area contributed by atoms with Crippen molar-refractivity contribution in [1.82, 2.24) is 35.5 Å². The summed E-state index contributed by atoms with van der Waals surface area (Å²) in [7, 11) is 1.77. The molecule has 10 rings (SSSR count). The molecule has 0 fully saturated rings. The zero-order valence-electron chi connectivity index (χ0n) is 42.7. The summed E-state index contributed by atoms with van der Waals surface area (Å²) in [5.41, 5.74) is 6.28. The van der Waals surface area contributed by atoms with Gasteiger partial charge in [-0.15, -0.1) is 0 Å². The summed E-state index contributed by atoms with van der Waals surface area (Å²) in [6.07, 6.45) is 14.1. The van der Waals surface area contributed by atoms with E-state index >= 15 is 0 Å². The number of furan rings is 1. The fraction of sp³-hybridized carbons (Fsp3) is 0.404. The standard InChI is InChI=1S/C24H26N4O2.C10H12BrN3O.C10H12BrN3.C10H15N3.3CH4/c1-16-19-7-5-6-8-20(19)30-21(16)14-28(4)22(29)10-9-17-11-18-13-27-24(2,3)15-26-23(18)25-12-17;1-10(2)9(15)14-8-6(4-13-10)3-7(11)5-12-8;1-10(2)6-13-9-7(4-14-10)3-8(11)5-12-9;1-10(2)7-12-9-8(6-13-10)4-3-5-11-9;;;/h5-13H,14-15H2,1-4H3,(H,25,26);3,5,13H,4H2,1-2H3,(H,12,14,15);3-5H,6H2,1-2H3,(H,12,13);3-5,13H,6-7H2,1-2H3,(H,11,12);3*1H4/b10-9+;;;;;;. The average molecular weight is 1150 g/mol. The van der Waals surface area contributed by atoms with Crippen LogP contribution in [0.3, 0.4) is 0 Å². The Balaban J connectivity index is 0.000000230. The second kappa shape index (κ2) is 25.9. The molecule has 9 heterocycles. The molecule has 6 N–H and O–H groups in total. The van der Waals surface area contributed by atoms with Gasteiger partial charge < -0.3 is 35.9 Å². The minimum absolute atomic E-state index is 0. The normalized spacial score (nSPS) is 16.7. The SMILES string of the molecule is C.C.C.CC1(C)CNc2ncc(Br)cc2C=N1.CC1(C)CNc2ncccc2CN1.CC1(C)NCc2cc(Br)cnc2NC1=O.Cc1c(CN(C)C(=O)/C=C/c2cnc3c(c2)C=NC(C)(C)CN3)oc2ccccc12. The first-order valence-corrected chi connectivity index (χ1v) is 25.4. The van der Waals surface area contributed by atoms with Gasteiger partial charge in [0.15, 0.2) is 0 Å². The van der Waals surface area contributed by atoms with Gasteiger partial charge in [0.1, 0.15) is 34.6 Å². The van der Waals surface area contributed by atoms with Crippen molar-refractivity contribution < 1.29 is 14.0 Å². The van der Waals surface area contributed by atoms with Crippen LogP contribution in [0.5, 0.6) is 0 Å². The highest BCUT2D eigenvalue weighted by molar-refractivity contribution is 9.10. The fourth-order valence-electron chi connectivity index (χ4n) is 7.51. The maximum Gasteiger partial charge on any atom is 0.246 e. The number of halogens is 2. The Hall–Kier alpha value is -6.34. The summed E-state index contributed by atoms with van der Waals surface area (Å²) < 4.78 is 7.81. The van der Waals surface area contributed by atoms with E-state index in [1.165, 1.54) is 5.56 Å². The molecule has 0 radical (unpaired) electrons. The molecule has 4 aliphatic rings. The Morgan fingerprint density at radius 2 is 1.29 bits per heavy atom. The van der Waals surface area contributed by atoms with Crippen LogP contribution in [0.2, 0.25) is 0 Å². The monoisotopic (exact) mass is 1150 g/mol. The maximum absolute atomic E-state index is 12.6. The topological polar surface area (TPSA) is 199 Å². The fourth-order valence-corrected chi connectivity index (χ4v) is 8.24. The van der Waals surface area contributed by atoms with Gasteiger partial charge in [-0.2, -0.15) is 0 Å². The largest absolute Gasteiger partial charge is 0.459 e. The summed E-state index contributed by atoms with van der Waals surface area (Å²) in [6.45, 7) is 22.8. The van der Waals surface area contributed by atoms with Crippen LogP contribution in [0.4, 0.5) is 23.3 Å². The van der Waals surface area contributed by atoms with Crippen LogP contribution in [0.25, 0.3) is 17.0 Å². The molecular formula is C57H77Br2N13O3. The van der Waals surface area contributed by atoms with Crippen molar-refractivity contribution in [2.45, 2.75) is 126 Å². The second-order valence-electron chi connectivity index (χ2n) is 20.5. The predicted molar refractivity (Wildman–Crippen MR) is 318 cm³/mol. The van der Waals surface area contributed by atoms with E-state index in [1.807, 2.05) is 87.9 Å². The molecular weight excluding hydrogens is 1070 g/mol. The van der Waals surface area contributed by atoms with Gasteiger partial charge in [0.05, 0.1) is 23.2 Å². The average Bonchev–Trinajstić information content (AvgIpc) is 3.50. The molecule has 1 aromatic carbocycles. The Morgan fingerprint density at radius 1 is 0.707 bits per heavy atom. The number of benzene rings is 1. The van der Waals surface area contributed by atoms with Crippen LogP contribution < -0.4 is 31.9 Å². The Kier molecular flexibility index (Phi) is 21.2. The number of carbonyl (C=O) groups excluding carboxylic acids is 2. The lowest BCUT2D eigenvalue weighted by atomic mass is 10.1. The molecule has 4 aliphatic heterocycles. The highest BCUT2D eigenvalue weighted by Crippen LogP contribution is 2.27. The highest BCUT2D eigenvalue weighted by Gasteiger charge is 2.31. The van der Waals surface area contributed by atoms with Crippen LogP contribution in [0, 0.1) is 6.92 Å². The van der Waals surface area contributed by atoms with Gasteiger partial charge in [0, 0.05) is 131 Å². The summed E-state index contributed by atoms with van der Waals surface area (Å²) in [5.74, 6) is 4.01. The van der Waals surface area contributed by atoms with Gasteiger partial charge in [0.2, 0.25) is 11.8 Å². The van der Waals surface area contributed by atoms with Crippen molar-refractivity contribution in [2.75, 3.05) is 47.9 Å². The maximum atomic E-state index is 12.6. The van der Waals surface area contributed by atoms with Crippen molar-refractivity contribution in [1.29, 1.82) is 0 Å². The number of aliphatic imine (C=N–C) groups is 2. The summed E-state index contributed by atoms with van der Waals surface area (Å²) in [4.78, 5) is 52.3. The molecule has 0 unspecified atom stereocenters. The van der Waals surface area contributed by atoms with Gasteiger partial charge in [-0.25, -0.2) is 19.9 Å². The summed E-state index contributed by atoms with van der Waals surface area (Å²) in [5, 5.41) is 20.5. The van der Waals surface area contributed by atoms with Crippen LogP contribution in [0.15, 0.2) is 109 Å². The van der Waals surface area contributed by atoms with Gasteiger partial charge in [-0.1, -0.05) is 46.5 Å². The van der Waals surface area contributed by atoms with Gasteiger partial charge >= 0.3 is 0 Å². The van der Waals surface area contributed by atoms with E-state index in [9.17, 15) is 9.59 Å². The molecule has 0 aliphatic carbocycles. The highest BCUT2D eigenvalue weighted by atomic mass is 79.9. The zero-order chi connectivity index (χ0) is 51.8. The Bertz CT molecular complexity index is 2990. The van der Waals surface area contributed by atoms with Crippen LogP contribution in [0.1, 0.15) is 117 Å². The van der Waals surface area contributed by atoms with Crippen LogP contribution in [-0.2, 0) is 29.2 Å². The van der Waals surface area contributed by atoms with Crippen molar-refractivity contribution in [2.24, 2.45) is 9.98 Å². The van der Waals surface area contributed by atoms with Crippen LogP contribution in [-0.4, -0.2) is 97.9 Å². The van der Waals surface area contributed by atoms with E-state index in [2.05, 4.69) is 141 Å². The molecule has 2 amide bonds. The van der Waals surface area contributed by atoms with Gasteiger partial charge in [-0.3, -0.25) is 24.9 Å². The van der Waals surface area contributed by atoms with Crippen molar-refractivity contribution >= 4 is 96.4 Å². The molecule has 0 saturated heterocycles. The number of pyridine rings is 4. The van der Waals surface area contributed by atoms with Crippen molar-refractivity contribution in [3.8, 4) is 0 Å². The van der Waals surface area contributed by atoms with Crippen molar-refractivity contribution in [3.05, 3.63) is 134 Å².